The van der Waals surface area contributed by atoms with Crippen LogP contribution in [0.2, 0.25) is 0 Å². The molecular formula is C56H88BrNO14. The molecule has 16 heteroatoms. The highest BCUT2D eigenvalue weighted by Gasteiger charge is 2.53. The summed E-state index contributed by atoms with van der Waals surface area (Å²) in [4.78, 5) is 71.2. The van der Waals surface area contributed by atoms with Crippen molar-refractivity contribution in [1.29, 1.82) is 0 Å². The van der Waals surface area contributed by atoms with Gasteiger partial charge in [0, 0.05) is 57.2 Å². The fourth-order valence-electron chi connectivity index (χ4n) is 10.9. The molecule has 1 aliphatic carbocycles. The number of methoxy groups -OCH3 is 2. The third-order valence-corrected chi connectivity index (χ3v) is 16.3. The molecule has 72 heavy (non-hydrogen) atoms. The lowest BCUT2D eigenvalue weighted by Crippen LogP contribution is -2.61. The van der Waals surface area contributed by atoms with Gasteiger partial charge < -0.3 is 49.0 Å². The van der Waals surface area contributed by atoms with E-state index in [0.29, 0.717) is 75.4 Å². The summed E-state index contributed by atoms with van der Waals surface area (Å²) in [6, 6.07) is -1.17. The van der Waals surface area contributed by atoms with Gasteiger partial charge in [0.25, 0.3) is 11.7 Å². The molecule has 4 rings (SSSR count). The van der Waals surface area contributed by atoms with Gasteiger partial charge in [-0.15, -0.1) is 0 Å². The fourth-order valence-corrected chi connectivity index (χ4v) is 11.3. The number of rotatable bonds is 11. The van der Waals surface area contributed by atoms with Crippen LogP contribution in [-0.4, -0.2) is 141 Å². The number of aliphatic hydroxyl groups excluding tert-OH is 3. The van der Waals surface area contributed by atoms with Crippen molar-refractivity contribution >= 4 is 45.3 Å². The van der Waals surface area contributed by atoms with E-state index in [1.807, 2.05) is 39.0 Å². The number of unbranched alkanes of at least 4 members (excludes halogenated alkanes) is 2. The number of esters is 2. The van der Waals surface area contributed by atoms with E-state index >= 15 is 0 Å². The molecule has 0 radical (unpaired) electrons. The third kappa shape index (κ3) is 17.5. The average molecular weight is 1080 g/mol. The molecule has 3 heterocycles. The molecule has 4 N–H and O–H groups in total. The number of ether oxygens (including phenoxy) is 5. The van der Waals surface area contributed by atoms with Gasteiger partial charge in [-0.2, -0.15) is 0 Å². The summed E-state index contributed by atoms with van der Waals surface area (Å²) in [5.74, 6) is -8.06. The van der Waals surface area contributed by atoms with Crippen molar-refractivity contribution in [2.45, 2.75) is 212 Å². The molecule has 16 atom stereocenters. The lowest BCUT2D eigenvalue weighted by atomic mass is 9.78. The molecule has 2 saturated heterocycles. The summed E-state index contributed by atoms with van der Waals surface area (Å²) in [5, 5.41) is 47.0. The summed E-state index contributed by atoms with van der Waals surface area (Å²) in [5.41, 5.74) is 1.06. The number of hydrogen-bond donors (Lipinski definition) is 4. The van der Waals surface area contributed by atoms with E-state index in [2.05, 4.69) is 15.9 Å². The molecule has 3 aliphatic heterocycles. The lowest BCUT2D eigenvalue weighted by Gasteiger charge is -2.42. The molecular weight excluding hydrogens is 991 g/mol. The van der Waals surface area contributed by atoms with Crippen LogP contribution >= 0.6 is 15.9 Å². The topological polar surface area (TPSA) is 216 Å². The SMILES string of the molecule is CO[C@@H]1C[C@H](C[C@@H](C)[C@@H]2CC(=O)[C@H](C)/C=C(\C)[C@@H](O)[C@@H](OC)C(O)[C@H](C)C[C@H](C)/C=C/C=C/C=C(\C)[C@@H](O)C[C@@H]3CC[C@@H](C)[C@@](O)(O3)C(=O)C(=O)N3CCCC[C@H]3C(=O)O2)CC[C@H]1OC(=O)CCCCCBr. The zero-order valence-corrected chi connectivity index (χ0v) is 46.1. The summed E-state index contributed by atoms with van der Waals surface area (Å²) in [7, 11) is 3.03. The van der Waals surface area contributed by atoms with Crippen molar-refractivity contribution < 1.29 is 68.1 Å². The number of allylic oxidation sites excluding steroid dienone is 6. The zero-order chi connectivity index (χ0) is 53.3. The van der Waals surface area contributed by atoms with Gasteiger partial charge in [-0.1, -0.05) is 93.4 Å². The number of carbonyl (C=O) groups is 5. The quantitative estimate of drug-likeness (QED) is 0.0511. The number of piperidine rings is 1. The first kappa shape index (κ1) is 61.5. The van der Waals surface area contributed by atoms with Crippen LogP contribution in [0.4, 0.5) is 0 Å². The molecule has 1 saturated carbocycles. The van der Waals surface area contributed by atoms with E-state index in [1.165, 1.54) is 12.0 Å². The smallest absolute Gasteiger partial charge is 0.329 e. The van der Waals surface area contributed by atoms with Crippen molar-refractivity contribution in [3.05, 3.63) is 47.6 Å². The molecule has 0 aromatic rings. The van der Waals surface area contributed by atoms with Crippen LogP contribution in [0.15, 0.2) is 47.6 Å². The monoisotopic (exact) mass is 1080 g/mol. The van der Waals surface area contributed by atoms with E-state index < -0.39 is 84.1 Å². The Bertz CT molecular complexity index is 1900. The van der Waals surface area contributed by atoms with Gasteiger partial charge in [-0.05, 0) is 126 Å². The van der Waals surface area contributed by atoms with Crippen LogP contribution in [0, 0.1) is 35.5 Å². The van der Waals surface area contributed by atoms with Crippen molar-refractivity contribution in [3.63, 3.8) is 0 Å². The largest absolute Gasteiger partial charge is 0.460 e. The number of carbonyl (C=O) groups excluding carboxylic acids is 5. The summed E-state index contributed by atoms with van der Waals surface area (Å²) in [6.45, 7) is 12.7. The highest BCUT2D eigenvalue weighted by atomic mass is 79.9. The Morgan fingerprint density at radius 2 is 1.61 bits per heavy atom. The van der Waals surface area contributed by atoms with Crippen molar-refractivity contribution in [1.82, 2.24) is 4.90 Å². The summed E-state index contributed by atoms with van der Waals surface area (Å²) < 4.78 is 29.8. The van der Waals surface area contributed by atoms with Crippen LogP contribution in [0.1, 0.15) is 151 Å². The molecule has 2 bridgehead atoms. The second-order valence-corrected chi connectivity index (χ2v) is 22.3. The van der Waals surface area contributed by atoms with Crippen LogP contribution < -0.4 is 0 Å². The highest BCUT2D eigenvalue weighted by Crippen LogP contribution is 2.38. The second kappa shape index (κ2) is 29.9. The molecule has 0 spiro atoms. The Kier molecular flexibility index (Phi) is 25.5. The minimum absolute atomic E-state index is 0.0455. The number of hydrogen-bond acceptors (Lipinski definition) is 14. The van der Waals surface area contributed by atoms with Crippen molar-refractivity contribution in [2.75, 3.05) is 26.1 Å². The molecule has 1 unspecified atom stereocenters. The van der Waals surface area contributed by atoms with E-state index in [4.69, 9.17) is 23.7 Å². The van der Waals surface area contributed by atoms with Gasteiger partial charge in [0.2, 0.25) is 5.79 Å². The maximum absolute atomic E-state index is 14.5. The minimum atomic E-state index is -2.49. The van der Waals surface area contributed by atoms with Gasteiger partial charge in [0.15, 0.2) is 0 Å². The second-order valence-electron chi connectivity index (χ2n) is 21.6. The zero-order valence-electron chi connectivity index (χ0n) is 44.5. The number of fused-ring (bicyclic) bond motifs is 3. The first-order valence-corrected chi connectivity index (χ1v) is 27.8. The first-order valence-electron chi connectivity index (χ1n) is 26.7. The predicted octanol–water partition coefficient (Wildman–Crippen LogP) is 7.82. The Morgan fingerprint density at radius 3 is 2.31 bits per heavy atom. The summed E-state index contributed by atoms with van der Waals surface area (Å²) in [6.07, 6.45) is 12.2. The normalized spacial score (nSPS) is 38.6. The molecule has 0 aromatic heterocycles. The van der Waals surface area contributed by atoms with E-state index in [-0.39, 0.29) is 67.3 Å². The average Bonchev–Trinajstić information content (AvgIpc) is 3.35. The number of aliphatic hydroxyl groups is 4. The molecule has 3 fully saturated rings. The molecule has 0 aromatic carbocycles. The number of amides is 1. The third-order valence-electron chi connectivity index (χ3n) is 15.7. The molecule has 15 nitrogen and oxygen atoms in total. The van der Waals surface area contributed by atoms with Crippen molar-refractivity contribution in [2.24, 2.45) is 35.5 Å². The number of nitrogens with zero attached hydrogens (tertiary/aromatic N) is 1. The number of ketones is 2. The van der Waals surface area contributed by atoms with Crippen LogP contribution in [0.3, 0.4) is 0 Å². The fraction of sp³-hybridized carbons (Fsp3) is 0.768. The van der Waals surface area contributed by atoms with Gasteiger partial charge >= 0.3 is 11.9 Å². The van der Waals surface area contributed by atoms with E-state index in [1.54, 1.807) is 53.0 Å². The Labute approximate surface area is 437 Å². The number of Topliss-reactive ketones (excluding diaryl/α,β-unsaturated/α-hetero) is 2. The first-order chi connectivity index (χ1) is 34.1. The van der Waals surface area contributed by atoms with Gasteiger partial charge in [0.05, 0.1) is 24.4 Å². The standard InChI is InChI=1S/C56H88BrNO14/c1-34-18-12-10-13-19-35(2)44(59)32-42-24-22-40(7)56(67,72-42)53(64)54(65)58-27-17-15-20-43(58)55(66)71-47(33-45(60)36(3)29-39(6)51(63)52(69-9)50(62)38(5)28-34)37(4)30-41-23-25-46(48(31-41)68-8)70-49(61)21-14-11-16-26-57/h10,12-13,18-19,29,34,36-38,40-44,46-48,50-52,59,62-63,67H,11,14-17,20-28,30-33H2,1-9H3/b13-10+,18-12+,35-19+,39-29+/t34-,36-,37-,38-,40-,41+,42+,43+,44+,46-,47+,48-,50?,51-,52+,56-/m1/s1. The number of cyclic esters (lactones) is 1. The van der Waals surface area contributed by atoms with Gasteiger partial charge in [0.1, 0.15) is 36.2 Å². The maximum Gasteiger partial charge on any atom is 0.329 e. The van der Waals surface area contributed by atoms with Crippen LogP contribution in [-0.2, 0) is 47.7 Å². The minimum Gasteiger partial charge on any atom is -0.460 e. The molecule has 408 valence electrons. The van der Waals surface area contributed by atoms with Gasteiger partial charge in [-0.3, -0.25) is 19.2 Å². The van der Waals surface area contributed by atoms with Crippen LogP contribution in [0.25, 0.3) is 0 Å². The van der Waals surface area contributed by atoms with Crippen LogP contribution in [0.5, 0.6) is 0 Å². The lowest BCUT2D eigenvalue weighted by molar-refractivity contribution is -0.265. The Morgan fingerprint density at radius 1 is 0.875 bits per heavy atom. The van der Waals surface area contributed by atoms with Crippen molar-refractivity contribution in [3.8, 4) is 0 Å². The molecule has 1 amide bonds. The predicted molar refractivity (Wildman–Crippen MR) is 277 cm³/mol. The Hall–Kier alpha value is -3.09. The Balaban J connectivity index is 1.65. The van der Waals surface area contributed by atoms with E-state index in [9.17, 15) is 44.4 Å². The van der Waals surface area contributed by atoms with Gasteiger partial charge in [-0.25, -0.2) is 4.79 Å². The number of alkyl halides is 1. The maximum atomic E-state index is 14.5. The summed E-state index contributed by atoms with van der Waals surface area (Å²) >= 11 is 3.43. The number of halogens is 1. The van der Waals surface area contributed by atoms with E-state index in [0.717, 1.165) is 24.6 Å². The highest BCUT2D eigenvalue weighted by molar-refractivity contribution is 9.09. The molecule has 4 aliphatic rings.